The first-order valence-corrected chi connectivity index (χ1v) is 3.96. The Morgan fingerprint density at radius 1 is 1.40 bits per heavy atom. The second kappa shape index (κ2) is 4.69. The Morgan fingerprint density at radius 3 is 2.20 bits per heavy atom. The molecule has 0 saturated heterocycles. The van der Waals surface area contributed by atoms with Crippen molar-refractivity contribution in [2.24, 2.45) is 0 Å². The van der Waals surface area contributed by atoms with Crippen LogP contribution in [0.1, 0.15) is 27.2 Å². The second-order valence-corrected chi connectivity index (χ2v) is 3.10. The van der Waals surface area contributed by atoms with Crippen LogP contribution in [0.3, 0.4) is 0 Å². The molecule has 0 radical (unpaired) electrons. The highest BCUT2D eigenvalue weighted by molar-refractivity contribution is 4.62. The summed E-state index contributed by atoms with van der Waals surface area (Å²) in [6.07, 6.45) is 0.684. The van der Waals surface area contributed by atoms with Crippen molar-refractivity contribution >= 4 is 0 Å². The van der Waals surface area contributed by atoms with Crippen LogP contribution >= 0.6 is 0 Å². The molecule has 0 rings (SSSR count). The molecule has 0 amide bonds. The molecule has 0 aliphatic heterocycles. The summed E-state index contributed by atoms with van der Waals surface area (Å²) in [5.41, 5.74) is 0. The zero-order valence-corrected chi connectivity index (χ0v) is 7.46. The van der Waals surface area contributed by atoms with Gasteiger partial charge in [0.15, 0.2) is 0 Å². The molecule has 0 spiro atoms. The molecule has 0 saturated carbocycles. The lowest BCUT2D eigenvalue weighted by Crippen LogP contribution is -2.33. The van der Waals surface area contributed by atoms with Crippen LogP contribution in [0.25, 0.3) is 0 Å². The molecular formula is C8H19NO. The van der Waals surface area contributed by atoms with Crippen molar-refractivity contribution in [3.05, 3.63) is 0 Å². The molecule has 2 nitrogen and oxygen atoms in total. The average Bonchev–Trinajstić information content (AvgIpc) is 1.87. The highest BCUT2D eigenvalue weighted by atomic mass is 16.3. The number of nitrogens with zero attached hydrogens (tertiary/aromatic N) is 1. The molecule has 0 heterocycles. The van der Waals surface area contributed by atoms with Gasteiger partial charge >= 0.3 is 0 Å². The lowest BCUT2D eigenvalue weighted by molar-refractivity contribution is 0.109. The SMILES string of the molecule is CC[C@@H](O)CN(C)C(C)C. The molecule has 2 heteroatoms. The molecule has 1 N–H and O–H groups in total. The first-order chi connectivity index (χ1) is 4.57. The Morgan fingerprint density at radius 2 is 1.90 bits per heavy atom. The third-order valence-electron chi connectivity index (χ3n) is 1.85. The summed E-state index contributed by atoms with van der Waals surface area (Å²) < 4.78 is 0. The topological polar surface area (TPSA) is 23.5 Å². The molecule has 0 bridgehead atoms. The Labute approximate surface area is 63.8 Å². The van der Waals surface area contributed by atoms with Crippen molar-refractivity contribution in [1.29, 1.82) is 0 Å². The van der Waals surface area contributed by atoms with Gasteiger partial charge in [-0.2, -0.15) is 0 Å². The van der Waals surface area contributed by atoms with Gasteiger partial charge in [-0.1, -0.05) is 6.92 Å². The zero-order valence-electron chi connectivity index (χ0n) is 7.46. The number of aliphatic hydroxyl groups excluding tert-OH is 1. The maximum absolute atomic E-state index is 9.24. The van der Waals surface area contributed by atoms with Gasteiger partial charge < -0.3 is 10.0 Å². The molecule has 1 atom stereocenters. The van der Waals surface area contributed by atoms with Crippen molar-refractivity contribution < 1.29 is 5.11 Å². The summed E-state index contributed by atoms with van der Waals surface area (Å²) in [5.74, 6) is 0. The predicted octanol–water partition coefficient (Wildman–Crippen LogP) is 1.10. The van der Waals surface area contributed by atoms with Crippen LogP contribution in [0.2, 0.25) is 0 Å². The number of hydrogen-bond acceptors (Lipinski definition) is 2. The van der Waals surface area contributed by atoms with E-state index < -0.39 is 0 Å². The molecular weight excluding hydrogens is 126 g/mol. The van der Waals surface area contributed by atoms with E-state index in [-0.39, 0.29) is 6.10 Å². The van der Waals surface area contributed by atoms with E-state index in [2.05, 4.69) is 18.7 Å². The van der Waals surface area contributed by atoms with Crippen LogP contribution in [-0.4, -0.2) is 35.7 Å². The fraction of sp³-hybridized carbons (Fsp3) is 1.00. The summed E-state index contributed by atoms with van der Waals surface area (Å²) in [7, 11) is 2.03. The van der Waals surface area contributed by atoms with Crippen LogP contribution in [0, 0.1) is 0 Å². The van der Waals surface area contributed by atoms with E-state index in [1.165, 1.54) is 0 Å². The van der Waals surface area contributed by atoms with Crippen LogP contribution in [0.4, 0.5) is 0 Å². The van der Waals surface area contributed by atoms with Crippen LogP contribution in [0.15, 0.2) is 0 Å². The minimum atomic E-state index is -0.160. The number of rotatable bonds is 4. The normalized spacial score (nSPS) is 14.7. The molecule has 0 aromatic carbocycles. The molecule has 0 aliphatic rings. The summed E-state index contributed by atoms with van der Waals surface area (Å²) in [5, 5.41) is 9.24. The Kier molecular flexibility index (Phi) is 4.65. The maximum atomic E-state index is 9.24. The molecule has 10 heavy (non-hydrogen) atoms. The van der Waals surface area contributed by atoms with E-state index in [0.29, 0.717) is 6.04 Å². The Hall–Kier alpha value is -0.0800. The van der Waals surface area contributed by atoms with E-state index in [1.54, 1.807) is 0 Å². The first-order valence-electron chi connectivity index (χ1n) is 3.96. The minimum Gasteiger partial charge on any atom is -0.392 e. The van der Waals surface area contributed by atoms with Crippen LogP contribution in [-0.2, 0) is 0 Å². The fourth-order valence-corrected chi connectivity index (χ4v) is 0.672. The number of aliphatic hydroxyl groups is 1. The highest BCUT2D eigenvalue weighted by Crippen LogP contribution is 1.97. The molecule has 62 valence electrons. The van der Waals surface area contributed by atoms with Crippen molar-refractivity contribution in [3.63, 3.8) is 0 Å². The van der Waals surface area contributed by atoms with Gasteiger partial charge in [-0.3, -0.25) is 0 Å². The largest absolute Gasteiger partial charge is 0.392 e. The van der Waals surface area contributed by atoms with Gasteiger partial charge in [-0.15, -0.1) is 0 Å². The van der Waals surface area contributed by atoms with E-state index >= 15 is 0 Å². The van der Waals surface area contributed by atoms with Crippen molar-refractivity contribution in [3.8, 4) is 0 Å². The molecule has 0 fully saturated rings. The summed E-state index contributed by atoms with van der Waals surface area (Å²) >= 11 is 0. The molecule has 0 unspecified atom stereocenters. The average molecular weight is 145 g/mol. The Balaban J connectivity index is 3.46. The summed E-state index contributed by atoms with van der Waals surface area (Å²) in [6.45, 7) is 7.04. The summed E-state index contributed by atoms with van der Waals surface area (Å²) in [4.78, 5) is 2.15. The lowest BCUT2D eigenvalue weighted by Gasteiger charge is -2.23. The maximum Gasteiger partial charge on any atom is 0.0664 e. The van der Waals surface area contributed by atoms with Gasteiger partial charge in [0.1, 0.15) is 0 Å². The van der Waals surface area contributed by atoms with E-state index in [9.17, 15) is 5.11 Å². The van der Waals surface area contributed by atoms with E-state index in [0.717, 1.165) is 13.0 Å². The van der Waals surface area contributed by atoms with Crippen molar-refractivity contribution in [2.75, 3.05) is 13.6 Å². The van der Waals surface area contributed by atoms with Crippen molar-refractivity contribution in [2.45, 2.75) is 39.3 Å². The smallest absolute Gasteiger partial charge is 0.0664 e. The number of likely N-dealkylation sites (N-methyl/N-ethyl adjacent to an activating group) is 1. The van der Waals surface area contributed by atoms with E-state index in [1.807, 2.05) is 14.0 Å². The summed E-state index contributed by atoms with van der Waals surface area (Å²) in [6, 6.07) is 0.529. The highest BCUT2D eigenvalue weighted by Gasteiger charge is 2.07. The predicted molar refractivity (Wildman–Crippen MR) is 44.1 cm³/mol. The second-order valence-electron chi connectivity index (χ2n) is 3.10. The van der Waals surface area contributed by atoms with Gasteiger partial charge in [0.25, 0.3) is 0 Å². The fourth-order valence-electron chi connectivity index (χ4n) is 0.672. The third-order valence-corrected chi connectivity index (χ3v) is 1.85. The van der Waals surface area contributed by atoms with Gasteiger partial charge in [-0.05, 0) is 27.3 Å². The van der Waals surface area contributed by atoms with Gasteiger partial charge in [-0.25, -0.2) is 0 Å². The molecule has 0 aliphatic carbocycles. The van der Waals surface area contributed by atoms with E-state index in [4.69, 9.17) is 0 Å². The van der Waals surface area contributed by atoms with Crippen molar-refractivity contribution in [1.82, 2.24) is 4.90 Å². The van der Waals surface area contributed by atoms with Crippen LogP contribution in [0.5, 0.6) is 0 Å². The Bertz CT molecular complexity index is 83.3. The quantitative estimate of drug-likeness (QED) is 0.640. The minimum absolute atomic E-state index is 0.160. The number of hydrogen-bond donors (Lipinski definition) is 1. The molecule has 0 aromatic heterocycles. The van der Waals surface area contributed by atoms with Gasteiger partial charge in [0.05, 0.1) is 6.10 Å². The third kappa shape index (κ3) is 3.85. The van der Waals surface area contributed by atoms with Gasteiger partial charge in [0, 0.05) is 12.6 Å². The van der Waals surface area contributed by atoms with Crippen LogP contribution < -0.4 is 0 Å². The zero-order chi connectivity index (χ0) is 8.15. The standard InChI is InChI=1S/C8H19NO/c1-5-8(10)6-9(4)7(2)3/h7-8,10H,5-6H2,1-4H3/t8-/m1/s1. The van der Waals surface area contributed by atoms with Gasteiger partial charge in [0.2, 0.25) is 0 Å². The molecule has 0 aromatic rings. The lowest BCUT2D eigenvalue weighted by atomic mass is 10.2. The monoisotopic (exact) mass is 145 g/mol. The first kappa shape index (κ1) is 9.92.